The molecule has 0 bridgehead atoms. The van der Waals surface area contributed by atoms with E-state index in [1.165, 1.54) is 24.5 Å². The highest BCUT2D eigenvalue weighted by Gasteiger charge is 2.43. The second-order valence-electron chi connectivity index (χ2n) is 6.98. The first-order valence-corrected chi connectivity index (χ1v) is 11.9. The molecule has 170 valence electrons. The summed E-state index contributed by atoms with van der Waals surface area (Å²) >= 11 is 7.34. The van der Waals surface area contributed by atoms with Gasteiger partial charge in [0.25, 0.3) is 10.2 Å². The molecule has 0 radical (unpaired) electrons. The monoisotopic (exact) mass is 503 g/mol. The Bertz CT molecular complexity index is 1250. The zero-order valence-corrected chi connectivity index (χ0v) is 18.8. The first-order valence-electron chi connectivity index (χ1n) is 9.10. The van der Waals surface area contributed by atoms with Gasteiger partial charge in [0.2, 0.25) is 0 Å². The second kappa shape index (κ2) is 8.48. The molecule has 2 aliphatic heterocycles. The van der Waals surface area contributed by atoms with Crippen molar-refractivity contribution in [3.63, 3.8) is 0 Å². The number of ether oxygens (including phenoxy) is 1. The van der Waals surface area contributed by atoms with Crippen LogP contribution in [0.4, 0.5) is 8.78 Å². The number of nitrogens with zero attached hydrogens (tertiary/aromatic N) is 3. The zero-order valence-electron chi connectivity index (χ0n) is 16.4. The van der Waals surface area contributed by atoms with Crippen molar-refractivity contribution in [2.45, 2.75) is 18.5 Å². The van der Waals surface area contributed by atoms with Gasteiger partial charge in [-0.05, 0) is 6.07 Å². The van der Waals surface area contributed by atoms with Gasteiger partial charge >= 0.3 is 5.97 Å². The van der Waals surface area contributed by atoms with Crippen LogP contribution in [0.1, 0.15) is 23.0 Å². The highest BCUT2D eigenvalue weighted by molar-refractivity contribution is 7.87. The lowest BCUT2D eigenvalue weighted by Gasteiger charge is -2.31. The summed E-state index contributed by atoms with van der Waals surface area (Å²) < 4.78 is 58.3. The molecule has 1 fully saturated rings. The second-order valence-corrected chi connectivity index (χ2v) is 9.58. The fraction of sp³-hybridized carbons (Fsp3) is 0.278. The Morgan fingerprint density at radius 3 is 2.78 bits per heavy atom. The van der Waals surface area contributed by atoms with Crippen LogP contribution in [0, 0.1) is 11.6 Å². The van der Waals surface area contributed by atoms with E-state index in [4.69, 9.17) is 21.5 Å². The van der Waals surface area contributed by atoms with Crippen molar-refractivity contribution in [1.82, 2.24) is 14.6 Å². The van der Waals surface area contributed by atoms with Gasteiger partial charge in [-0.3, -0.25) is 4.99 Å². The molecule has 2 unspecified atom stereocenters. The molecular formula is C18H16ClF2N5O4S2. The summed E-state index contributed by atoms with van der Waals surface area (Å²) in [7, 11) is -2.86. The molecule has 3 heterocycles. The van der Waals surface area contributed by atoms with Gasteiger partial charge in [0.1, 0.15) is 6.04 Å². The number of benzene rings is 1. The van der Waals surface area contributed by atoms with Gasteiger partial charge in [-0.15, -0.1) is 11.3 Å². The Hall–Kier alpha value is -2.45. The minimum Gasteiger partial charge on any atom is -0.466 e. The van der Waals surface area contributed by atoms with E-state index in [1.54, 1.807) is 16.5 Å². The standard InChI is InChI=1S/C18H16ClF2N5O4S2/c1-30-18(27)12-11-6-8(25-32(22,28)29)7-26(11)16(17-23-4-5-31-17)24-15(12)9-2-3-10(20)14(21)13(9)19/h2-5,8,15,25H,6-7H2,1H3,(H2,22,28,29). The summed E-state index contributed by atoms with van der Waals surface area (Å²) in [6, 6.07) is 0.316. The van der Waals surface area contributed by atoms with E-state index in [0.29, 0.717) is 16.5 Å². The van der Waals surface area contributed by atoms with Crippen LogP contribution >= 0.6 is 22.9 Å². The third kappa shape index (κ3) is 4.13. The predicted octanol–water partition coefficient (Wildman–Crippen LogP) is 1.87. The molecule has 4 rings (SSSR count). The van der Waals surface area contributed by atoms with Crippen molar-refractivity contribution in [2.24, 2.45) is 10.1 Å². The summed E-state index contributed by atoms with van der Waals surface area (Å²) in [5.41, 5.74) is 0.471. The third-order valence-electron chi connectivity index (χ3n) is 4.98. The molecule has 0 spiro atoms. The minimum atomic E-state index is -4.03. The number of aromatic nitrogens is 1. The van der Waals surface area contributed by atoms with Crippen LogP contribution in [0.5, 0.6) is 0 Å². The Kier molecular flexibility index (Phi) is 6.02. The molecule has 2 aliphatic rings. The van der Waals surface area contributed by atoms with Gasteiger partial charge in [0.15, 0.2) is 22.5 Å². The average molecular weight is 504 g/mol. The number of hydrogen-bond acceptors (Lipinski definition) is 8. The minimum absolute atomic E-state index is 0.0273. The normalized spacial score (nSPS) is 20.9. The Morgan fingerprint density at radius 2 is 2.16 bits per heavy atom. The zero-order chi connectivity index (χ0) is 23.2. The molecule has 9 nitrogen and oxygen atoms in total. The number of fused-ring (bicyclic) bond motifs is 1. The van der Waals surface area contributed by atoms with Gasteiger partial charge < -0.3 is 9.64 Å². The predicted molar refractivity (Wildman–Crippen MR) is 113 cm³/mol. The number of carbonyl (C=O) groups is 1. The lowest BCUT2D eigenvalue weighted by atomic mass is 9.94. The number of nitrogens with two attached hydrogens (primary N) is 1. The van der Waals surface area contributed by atoms with Gasteiger partial charge in [0, 0.05) is 41.8 Å². The number of methoxy groups -OCH3 is 1. The molecule has 1 aromatic heterocycles. The Labute approximate surface area is 190 Å². The number of nitrogens with one attached hydrogen (secondary N) is 1. The van der Waals surface area contributed by atoms with Crippen molar-refractivity contribution in [1.29, 1.82) is 0 Å². The highest BCUT2D eigenvalue weighted by Crippen LogP contribution is 2.43. The van der Waals surface area contributed by atoms with Crippen molar-refractivity contribution < 1.29 is 26.7 Å². The fourth-order valence-electron chi connectivity index (χ4n) is 3.75. The van der Waals surface area contributed by atoms with Gasteiger partial charge in [-0.2, -0.15) is 13.1 Å². The van der Waals surface area contributed by atoms with Crippen LogP contribution in [-0.2, 0) is 19.7 Å². The molecule has 1 aromatic carbocycles. The van der Waals surface area contributed by atoms with Crippen LogP contribution in [0.15, 0.2) is 40.0 Å². The summed E-state index contributed by atoms with van der Waals surface area (Å²) in [5, 5.41) is 6.79. The third-order valence-corrected chi connectivity index (χ3v) is 6.79. The smallest absolute Gasteiger partial charge is 0.338 e. The SMILES string of the molecule is COC(=O)C1=C2CC(NS(N)(=O)=O)CN2C(c2nccs2)=NC1c1ccc(F)c(F)c1Cl. The first-order chi connectivity index (χ1) is 15.1. The van der Waals surface area contributed by atoms with Crippen LogP contribution in [0.3, 0.4) is 0 Å². The van der Waals surface area contributed by atoms with E-state index in [1.807, 2.05) is 0 Å². The van der Waals surface area contributed by atoms with Gasteiger partial charge in [-0.25, -0.2) is 23.7 Å². The van der Waals surface area contributed by atoms with E-state index in [0.717, 1.165) is 6.07 Å². The largest absolute Gasteiger partial charge is 0.466 e. The van der Waals surface area contributed by atoms with E-state index in [-0.39, 0.29) is 24.1 Å². The molecule has 1 saturated heterocycles. The van der Waals surface area contributed by atoms with E-state index in [9.17, 15) is 22.0 Å². The quantitative estimate of drug-likeness (QED) is 0.473. The van der Waals surface area contributed by atoms with Crippen LogP contribution < -0.4 is 9.86 Å². The number of hydrogen-bond donors (Lipinski definition) is 2. The Morgan fingerprint density at radius 1 is 1.41 bits per heavy atom. The van der Waals surface area contributed by atoms with E-state index >= 15 is 0 Å². The van der Waals surface area contributed by atoms with Gasteiger partial charge in [-0.1, -0.05) is 17.7 Å². The van der Waals surface area contributed by atoms with Crippen LogP contribution in [0.25, 0.3) is 0 Å². The number of aliphatic imine (C=N–C) groups is 1. The maximum absolute atomic E-state index is 14.2. The molecule has 14 heteroatoms. The molecule has 2 atom stereocenters. The molecule has 0 amide bonds. The maximum atomic E-state index is 14.2. The number of thiazole rings is 1. The van der Waals surface area contributed by atoms with Crippen molar-refractivity contribution in [3.8, 4) is 0 Å². The lowest BCUT2D eigenvalue weighted by molar-refractivity contribution is -0.136. The lowest BCUT2D eigenvalue weighted by Crippen LogP contribution is -2.42. The summed E-state index contributed by atoms with van der Waals surface area (Å²) in [6.45, 7) is 0.114. The van der Waals surface area contributed by atoms with E-state index in [2.05, 4.69) is 14.7 Å². The number of esters is 1. The van der Waals surface area contributed by atoms with Crippen molar-refractivity contribution in [3.05, 3.63) is 62.2 Å². The fourth-order valence-corrected chi connectivity index (χ4v) is 5.27. The number of halogens is 3. The van der Waals surface area contributed by atoms with E-state index < -0.39 is 44.9 Å². The molecule has 2 aromatic rings. The molecule has 0 aliphatic carbocycles. The molecule has 0 saturated carbocycles. The summed E-state index contributed by atoms with van der Waals surface area (Å²) in [4.78, 5) is 23.3. The number of amidine groups is 1. The number of carbonyl (C=O) groups excluding carboxylic acids is 1. The van der Waals surface area contributed by atoms with Crippen molar-refractivity contribution in [2.75, 3.05) is 13.7 Å². The topological polar surface area (TPSA) is 127 Å². The first kappa shape index (κ1) is 22.7. The van der Waals surface area contributed by atoms with Crippen LogP contribution in [0.2, 0.25) is 5.02 Å². The van der Waals surface area contributed by atoms with Crippen molar-refractivity contribution >= 4 is 45.0 Å². The molecule has 32 heavy (non-hydrogen) atoms. The summed E-state index contributed by atoms with van der Waals surface area (Å²) in [5.74, 6) is -2.86. The molecular weight excluding hydrogens is 488 g/mol. The number of rotatable bonds is 5. The highest BCUT2D eigenvalue weighted by atomic mass is 35.5. The average Bonchev–Trinajstić information content (AvgIpc) is 3.39. The Balaban J connectivity index is 1.92. The van der Waals surface area contributed by atoms with Crippen LogP contribution in [-0.4, -0.2) is 49.8 Å². The maximum Gasteiger partial charge on any atom is 0.338 e. The van der Waals surface area contributed by atoms with Gasteiger partial charge in [0.05, 0.1) is 17.7 Å². The summed E-state index contributed by atoms with van der Waals surface area (Å²) in [6.07, 6.45) is 1.63. The molecule has 3 N–H and O–H groups in total.